The van der Waals surface area contributed by atoms with Crippen LogP contribution < -0.4 is 5.32 Å². The summed E-state index contributed by atoms with van der Waals surface area (Å²) in [6.45, 7) is 9.51. The lowest BCUT2D eigenvalue weighted by Gasteiger charge is -2.14. The van der Waals surface area contributed by atoms with Crippen LogP contribution in [0.5, 0.6) is 0 Å². The number of nitrogens with one attached hydrogen (secondary N) is 1. The van der Waals surface area contributed by atoms with Gasteiger partial charge >= 0.3 is 0 Å². The fourth-order valence-electron chi connectivity index (χ4n) is 3.99. The van der Waals surface area contributed by atoms with Crippen molar-refractivity contribution in [3.05, 3.63) is 66.4 Å². The number of amides is 1. The number of hydrogen-bond acceptors (Lipinski definition) is 4. The Balaban J connectivity index is 1.50. The molecule has 7 heteroatoms. The number of unbranched alkanes of at least 4 members (excludes halogenated alkanes) is 3. The van der Waals surface area contributed by atoms with E-state index >= 15 is 0 Å². The summed E-state index contributed by atoms with van der Waals surface area (Å²) in [4.78, 5) is 17.9. The Kier molecular flexibility index (Phi) is 7.96. The summed E-state index contributed by atoms with van der Waals surface area (Å²) in [7, 11) is 0. The van der Waals surface area contributed by atoms with Crippen LogP contribution in [0.4, 0.5) is 5.82 Å². The summed E-state index contributed by atoms with van der Waals surface area (Å²) in [5.41, 5.74) is 3.82. The van der Waals surface area contributed by atoms with E-state index in [9.17, 15) is 4.79 Å². The number of carbonyl (C=O) groups is 1. The molecule has 184 valence electrons. The third kappa shape index (κ3) is 6.14. The number of imidazole rings is 1. The lowest BCUT2D eigenvalue weighted by Crippen LogP contribution is -2.17. The van der Waals surface area contributed by atoms with Crippen molar-refractivity contribution in [3.63, 3.8) is 0 Å². The summed E-state index contributed by atoms with van der Waals surface area (Å²) >= 11 is 1.49. The van der Waals surface area contributed by atoms with Crippen molar-refractivity contribution < 1.29 is 4.79 Å². The van der Waals surface area contributed by atoms with Crippen molar-refractivity contribution in [2.75, 3.05) is 11.1 Å². The Hall–Kier alpha value is -3.06. The Morgan fingerprint density at radius 1 is 1.00 bits per heavy atom. The molecule has 2 aromatic heterocycles. The zero-order valence-corrected chi connectivity index (χ0v) is 21.9. The van der Waals surface area contributed by atoms with Gasteiger partial charge in [-0.05, 0) is 30.7 Å². The van der Waals surface area contributed by atoms with E-state index in [0.717, 1.165) is 40.5 Å². The second-order valence-electron chi connectivity index (χ2n) is 9.84. The first-order valence-corrected chi connectivity index (χ1v) is 13.4. The number of benzene rings is 2. The topological polar surface area (TPSA) is 64.7 Å². The van der Waals surface area contributed by atoms with E-state index in [1.54, 1.807) is 0 Å². The maximum Gasteiger partial charge on any atom is 0.236 e. The fourth-order valence-corrected chi connectivity index (χ4v) is 4.83. The predicted octanol–water partition coefficient (Wildman–Crippen LogP) is 6.83. The van der Waals surface area contributed by atoms with Crippen LogP contribution in [0.1, 0.15) is 59.1 Å². The molecule has 4 rings (SSSR count). The van der Waals surface area contributed by atoms with Crippen molar-refractivity contribution in [3.8, 4) is 5.69 Å². The minimum absolute atomic E-state index is 0.0721. The Bertz CT molecular complexity index is 1270. The normalized spacial score (nSPS) is 11.8. The number of thioether (sulfide) groups is 1. The Morgan fingerprint density at radius 2 is 1.74 bits per heavy atom. The second-order valence-corrected chi connectivity index (χ2v) is 10.8. The maximum atomic E-state index is 13.0. The highest BCUT2D eigenvalue weighted by Gasteiger charge is 2.22. The van der Waals surface area contributed by atoms with Crippen molar-refractivity contribution in [1.82, 2.24) is 19.3 Å². The highest BCUT2D eigenvalue weighted by Crippen LogP contribution is 2.28. The zero-order valence-electron chi connectivity index (χ0n) is 21.1. The van der Waals surface area contributed by atoms with E-state index in [2.05, 4.69) is 43.6 Å². The van der Waals surface area contributed by atoms with Crippen LogP contribution in [-0.4, -0.2) is 31.0 Å². The van der Waals surface area contributed by atoms with E-state index in [-0.39, 0.29) is 17.1 Å². The average Bonchev–Trinajstić information content (AvgIpc) is 3.43. The number of aryl methyl sites for hydroxylation is 1. The quantitative estimate of drug-likeness (QED) is 0.196. The van der Waals surface area contributed by atoms with E-state index in [1.165, 1.54) is 31.0 Å². The molecule has 0 aliphatic heterocycles. The number of carbonyl (C=O) groups excluding carboxylic acids is 1. The first kappa shape index (κ1) is 25.0. The van der Waals surface area contributed by atoms with E-state index in [1.807, 2.05) is 59.3 Å². The summed E-state index contributed by atoms with van der Waals surface area (Å²) in [5.74, 6) is 0.889. The standard InChI is InChI=1S/C28H35N5OS/c1-5-6-7-13-18-32-23-17-12-11-16-22(23)29-27(32)35-20-26(34)30-25-19-24(28(2,3)4)31-33(25)21-14-9-8-10-15-21/h8-12,14-17,19H,5-7,13,18,20H2,1-4H3,(H,30,34). The zero-order chi connectivity index (χ0) is 24.8. The van der Waals surface area contributed by atoms with Gasteiger partial charge in [-0.25, -0.2) is 9.67 Å². The lowest BCUT2D eigenvalue weighted by molar-refractivity contribution is -0.113. The van der Waals surface area contributed by atoms with Crippen LogP contribution in [0.3, 0.4) is 0 Å². The Labute approximate surface area is 212 Å². The first-order valence-electron chi connectivity index (χ1n) is 12.4. The van der Waals surface area contributed by atoms with Gasteiger partial charge in [0, 0.05) is 18.0 Å². The minimum atomic E-state index is -0.128. The van der Waals surface area contributed by atoms with Gasteiger partial charge in [0.05, 0.1) is 28.2 Å². The number of anilines is 1. The SMILES string of the molecule is CCCCCCn1c(SCC(=O)Nc2cc(C(C)(C)C)nn2-c2ccccc2)nc2ccccc21. The summed E-state index contributed by atoms with van der Waals surface area (Å²) < 4.78 is 4.07. The molecule has 0 saturated heterocycles. The number of aromatic nitrogens is 4. The van der Waals surface area contributed by atoms with Crippen LogP contribution in [0.2, 0.25) is 0 Å². The molecular weight excluding hydrogens is 454 g/mol. The van der Waals surface area contributed by atoms with Crippen molar-refractivity contribution in [1.29, 1.82) is 0 Å². The van der Waals surface area contributed by atoms with Gasteiger partial charge in [-0.3, -0.25) is 4.79 Å². The monoisotopic (exact) mass is 489 g/mol. The smallest absolute Gasteiger partial charge is 0.236 e. The highest BCUT2D eigenvalue weighted by molar-refractivity contribution is 7.99. The van der Waals surface area contributed by atoms with Crippen molar-refractivity contribution in [2.45, 2.75) is 70.5 Å². The molecule has 0 saturated carbocycles. The molecule has 2 aromatic carbocycles. The predicted molar refractivity (Wildman–Crippen MR) is 145 cm³/mol. The number of fused-ring (bicyclic) bond motifs is 1. The van der Waals surface area contributed by atoms with Gasteiger partial charge in [-0.2, -0.15) is 5.10 Å². The number of rotatable bonds is 10. The van der Waals surface area contributed by atoms with Gasteiger partial charge in [0.25, 0.3) is 0 Å². The maximum absolute atomic E-state index is 13.0. The molecule has 0 unspecified atom stereocenters. The second kappa shape index (κ2) is 11.1. The number of para-hydroxylation sites is 3. The summed E-state index contributed by atoms with van der Waals surface area (Å²) in [5, 5.41) is 8.78. The van der Waals surface area contributed by atoms with E-state index in [0.29, 0.717) is 5.82 Å². The number of nitrogens with zero attached hydrogens (tertiary/aromatic N) is 4. The molecule has 0 atom stereocenters. The molecule has 0 spiro atoms. The summed E-state index contributed by atoms with van der Waals surface area (Å²) in [6, 6.07) is 20.1. The number of hydrogen-bond donors (Lipinski definition) is 1. The molecule has 1 N–H and O–H groups in total. The molecule has 0 aliphatic rings. The lowest BCUT2D eigenvalue weighted by atomic mass is 9.92. The minimum Gasteiger partial charge on any atom is -0.319 e. The molecular formula is C28H35N5OS. The third-order valence-corrected chi connectivity index (χ3v) is 6.91. The van der Waals surface area contributed by atoms with Crippen LogP contribution in [-0.2, 0) is 16.8 Å². The summed E-state index contributed by atoms with van der Waals surface area (Å²) in [6.07, 6.45) is 4.76. The van der Waals surface area contributed by atoms with Gasteiger partial charge < -0.3 is 9.88 Å². The molecule has 6 nitrogen and oxygen atoms in total. The molecule has 35 heavy (non-hydrogen) atoms. The molecule has 4 aromatic rings. The average molecular weight is 490 g/mol. The highest BCUT2D eigenvalue weighted by atomic mass is 32.2. The van der Waals surface area contributed by atoms with Crippen LogP contribution >= 0.6 is 11.8 Å². The molecule has 2 heterocycles. The van der Waals surface area contributed by atoms with E-state index < -0.39 is 0 Å². The molecule has 0 fully saturated rings. The van der Waals surface area contributed by atoms with Crippen LogP contribution in [0.25, 0.3) is 16.7 Å². The first-order chi connectivity index (χ1) is 16.9. The van der Waals surface area contributed by atoms with Crippen LogP contribution in [0, 0.1) is 0 Å². The molecule has 0 aliphatic carbocycles. The molecule has 1 amide bonds. The molecule has 0 radical (unpaired) electrons. The van der Waals surface area contributed by atoms with Crippen molar-refractivity contribution in [2.24, 2.45) is 0 Å². The van der Waals surface area contributed by atoms with Gasteiger partial charge in [0.1, 0.15) is 5.82 Å². The fraction of sp³-hybridized carbons (Fsp3) is 0.393. The van der Waals surface area contributed by atoms with Crippen molar-refractivity contribution >= 4 is 34.5 Å². The van der Waals surface area contributed by atoms with E-state index in [4.69, 9.17) is 10.1 Å². The van der Waals surface area contributed by atoms with Gasteiger partial charge in [0.2, 0.25) is 5.91 Å². The molecule has 0 bridgehead atoms. The van der Waals surface area contributed by atoms with Gasteiger partial charge in [0.15, 0.2) is 5.16 Å². The third-order valence-electron chi connectivity index (χ3n) is 5.93. The van der Waals surface area contributed by atoms with Crippen LogP contribution in [0.15, 0.2) is 65.8 Å². The Morgan fingerprint density at radius 3 is 2.49 bits per heavy atom. The van der Waals surface area contributed by atoms with Gasteiger partial charge in [-0.15, -0.1) is 0 Å². The van der Waals surface area contributed by atoms with Gasteiger partial charge in [-0.1, -0.05) is 89.1 Å². The largest absolute Gasteiger partial charge is 0.319 e.